The number of halogens is 3. The molecule has 1 aromatic heterocycles. The van der Waals surface area contributed by atoms with E-state index >= 15 is 0 Å². The summed E-state index contributed by atoms with van der Waals surface area (Å²) in [7, 11) is 1.47. The minimum absolute atomic E-state index is 0.0736. The maximum atomic E-state index is 12.9. The fourth-order valence-electron chi connectivity index (χ4n) is 2.99. The predicted molar refractivity (Wildman–Crippen MR) is 122 cm³/mol. The van der Waals surface area contributed by atoms with Gasteiger partial charge in [-0.25, -0.2) is 5.43 Å². The quantitative estimate of drug-likeness (QED) is 0.301. The second-order valence-corrected chi connectivity index (χ2v) is 8.14. The van der Waals surface area contributed by atoms with E-state index in [0.29, 0.717) is 28.2 Å². The summed E-state index contributed by atoms with van der Waals surface area (Å²) >= 11 is 1.54. The highest BCUT2D eigenvalue weighted by molar-refractivity contribution is 7.10. The number of carbonyl (C=O) groups is 1. The van der Waals surface area contributed by atoms with E-state index in [1.165, 1.54) is 30.7 Å². The molecule has 0 unspecified atom stereocenters. The number of methoxy groups -OCH3 is 1. The van der Waals surface area contributed by atoms with Crippen molar-refractivity contribution in [2.24, 2.45) is 5.10 Å². The van der Waals surface area contributed by atoms with Crippen molar-refractivity contribution in [2.75, 3.05) is 7.11 Å². The Balaban J connectivity index is 1.66. The molecule has 0 saturated heterocycles. The van der Waals surface area contributed by atoms with Crippen molar-refractivity contribution < 1.29 is 27.4 Å². The number of nitrogens with one attached hydrogen (secondary N) is 1. The lowest BCUT2D eigenvalue weighted by molar-refractivity contribution is -0.137. The summed E-state index contributed by atoms with van der Waals surface area (Å²) in [5.74, 6) is 0.455. The van der Waals surface area contributed by atoms with Gasteiger partial charge in [-0.2, -0.15) is 18.3 Å². The van der Waals surface area contributed by atoms with Gasteiger partial charge in [-0.3, -0.25) is 4.79 Å². The fourth-order valence-corrected chi connectivity index (χ4v) is 3.96. The van der Waals surface area contributed by atoms with E-state index in [0.717, 1.165) is 29.9 Å². The number of aryl methyl sites for hydroxylation is 1. The molecule has 0 bridgehead atoms. The minimum atomic E-state index is -4.42. The lowest BCUT2D eigenvalue weighted by atomic mass is 10.1. The first-order valence-electron chi connectivity index (χ1n) is 10.2. The Morgan fingerprint density at radius 3 is 2.70 bits per heavy atom. The second-order valence-electron chi connectivity index (χ2n) is 7.15. The Hall–Kier alpha value is -3.33. The van der Waals surface area contributed by atoms with Gasteiger partial charge in [0.25, 0.3) is 5.91 Å². The molecule has 0 atom stereocenters. The van der Waals surface area contributed by atoms with Crippen LogP contribution in [0.5, 0.6) is 11.5 Å². The average molecular weight is 477 g/mol. The molecule has 1 N–H and O–H groups in total. The number of hydrogen-bond acceptors (Lipinski definition) is 5. The van der Waals surface area contributed by atoms with Gasteiger partial charge in [0.1, 0.15) is 6.61 Å². The summed E-state index contributed by atoms with van der Waals surface area (Å²) in [6.07, 6.45) is -1.03. The van der Waals surface area contributed by atoms with E-state index < -0.39 is 11.7 Å². The number of hydrazone groups is 1. The summed E-state index contributed by atoms with van der Waals surface area (Å²) in [5.41, 5.74) is 3.30. The molecule has 174 valence electrons. The van der Waals surface area contributed by atoms with E-state index in [4.69, 9.17) is 9.47 Å². The number of hydrogen-bond donors (Lipinski definition) is 1. The molecule has 3 rings (SSSR count). The van der Waals surface area contributed by atoms with Gasteiger partial charge in [-0.05, 0) is 53.9 Å². The summed E-state index contributed by atoms with van der Waals surface area (Å²) in [6, 6.07) is 11.8. The zero-order valence-electron chi connectivity index (χ0n) is 18.1. The average Bonchev–Trinajstić information content (AvgIpc) is 3.26. The van der Waals surface area contributed by atoms with E-state index in [-0.39, 0.29) is 12.5 Å². The standard InChI is InChI=1S/C24H23F3N2O3S/c1-3-5-20-12-18(15-33-20)23(30)29-28-13-16-8-9-21(31-2)22(11-16)32-14-17-6-4-7-19(10-17)24(25,26)27/h4,6-13,15H,3,5,14H2,1-2H3,(H,29,30)/b28-13-. The molecule has 33 heavy (non-hydrogen) atoms. The number of amides is 1. The fraction of sp³-hybridized carbons (Fsp3) is 0.250. The van der Waals surface area contributed by atoms with Crippen LogP contribution >= 0.6 is 11.3 Å². The van der Waals surface area contributed by atoms with Gasteiger partial charge >= 0.3 is 6.18 Å². The number of benzene rings is 2. The summed E-state index contributed by atoms with van der Waals surface area (Å²) in [4.78, 5) is 13.4. The molecule has 0 spiro atoms. The minimum Gasteiger partial charge on any atom is -0.493 e. The van der Waals surface area contributed by atoms with Crippen LogP contribution in [0.3, 0.4) is 0 Å². The molecule has 5 nitrogen and oxygen atoms in total. The first-order chi connectivity index (χ1) is 15.8. The second kappa shape index (κ2) is 11.0. The zero-order chi connectivity index (χ0) is 23.8. The normalized spacial score (nSPS) is 11.5. The Bertz CT molecular complexity index is 1130. The van der Waals surface area contributed by atoms with Gasteiger partial charge in [-0.1, -0.05) is 25.5 Å². The number of nitrogens with zero attached hydrogens (tertiary/aromatic N) is 1. The predicted octanol–water partition coefficient (Wildman–Crippen LogP) is 6.07. The van der Waals surface area contributed by atoms with Gasteiger partial charge < -0.3 is 9.47 Å². The van der Waals surface area contributed by atoms with Gasteiger partial charge in [0.2, 0.25) is 0 Å². The largest absolute Gasteiger partial charge is 0.493 e. The monoisotopic (exact) mass is 476 g/mol. The SMILES string of the molecule is CCCc1cc(C(=O)N/N=C\c2ccc(OC)c(OCc3cccc(C(F)(F)F)c3)c2)cs1. The first-order valence-corrected chi connectivity index (χ1v) is 11.1. The molecule has 0 aliphatic rings. The number of rotatable bonds is 9. The molecular formula is C24H23F3N2O3S. The van der Waals surface area contributed by atoms with Crippen molar-refractivity contribution in [1.82, 2.24) is 5.43 Å². The highest BCUT2D eigenvalue weighted by Crippen LogP contribution is 2.31. The molecule has 2 aromatic carbocycles. The van der Waals surface area contributed by atoms with Crippen LogP contribution < -0.4 is 14.9 Å². The molecule has 3 aromatic rings. The van der Waals surface area contributed by atoms with Crippen molar-refractivity contribution in [3.05, 3.63) is 81.0 Å². The van der Waals surface area contributed by atoms with Crippen molar-refractivity contribution in [3.63, 3.8) is 0 Å². The van der Waals surface area contributed by atoms with Crippen LogP contribution in [0.25, 0.3) is 0 Å². The topological polar surface area (TPSA) is 59.9 Å². The molecule has 0 fully saturated rings. The number of thiophene rings is 1. The smallest absolute Gasteiger partial charge is 0.416 e. The van der Waals surface area contributed by atoms with Gasteiger partial charge in [-0.15, -0.1) is 11.3 Å². The molecular weight excluding hydrogens is 453 g/mol. The Labute approximate surface area is 193 Å². The Morgan fingerprint density at radius 1 is 1.15 bits per heavy atom. The molecule has 1 amide bonds. The highest BCUT2D eigenvalue weighted by Gasteiger charge is 2.30. The maximum absolute atomic E-state index is 12.9. The molecule has 0 aliphatic carbocycles. The Kier molecular flexibility index (Phi) is 8.11. The van der Waals surface area contributed by atoms with Crippen molar-refractivity contribution in [2.45, 2.75) is 32.5 Å². The van der Waals surface area contributed by atoms with E-state index in [1.54, 1.807) is 29.6 Å². The van der Waals surface area contributed by atoms with Crippen molar-refractivity contribution >= 4 is 23.5 Å². The Morgan fingerprint density at radius 2 is 1.97 bits per heavy atom. The molecule has 0 radical (unpaired) electrons. The third-order valence-electron chi connectivity index (χ3n) is 4.63. The van der Waals surface area contributed by atoms with Crippen LogP contribution in [0.4, 0.5) is 13.2 Å². The lowest BCUT2D eigenvalue weighted by Crippen LogP contribution is -2.16. The van der Waals surface area contributed by atoms with Crippen LogP contribution in [-0.2, 0) is 19.2 Å². The molecule has 0 saturated carbocycles. The zero-order valence-corrected chi connectivity index (χ0v) is 18.9. The number of ether oxygens (including phenoxy) is 2. The van der Waals surface area contributed by atoms with Crippen LogP contribution in [-0.4, -0.2) is 19.2 Å². The molecule has 1 heterocycles. The van der Waals surface area contributed by atoms with Gasteiger partial charge in [0.15, 0.2) is 11.5 Å². The summed E-state index contributed by atoms with van der Waals surface area (Å²) < 4.78 is 49.7. The van der Waals surface area contributed by atoms with Gasteiger partial charge in [0.05, 0.1) is 24.5 Å². The van der Waals surface area contributed by atoms with Crippen LogP contribution in [0.2, 0.25) is 0 Å². The van der Waals surface area contributed by atoms with Crippen LogP contribution in [0.15, 0.2) is 59.0 Å². The van der Waals surface area contributed by atoms with E-state index in [2.05, 4.69) is 17.5 Å². The summed E-state index contributed by atoms with van der Waals surface area (Å²) in [6.45, 7) is 2.01. The van der Waals surface area contributed by atoms with Crippen molar-refractivity contribution in [3.8, 4) is 11.5 Å². The third-order valence-corrected chi connectivity index (χ3v) is 5.62. The van der Waals surface area contributed by atoms with Crippen molar-refractivity contribution in [1.29, 1.82) is 0 Å². The molecule has 0 aliphatic heterocycles. The maximum Gasteiger partial charge on any atom is 0.416 e. The van der Waals surface area contributed by atoms with Crippen LogP contribution in [0.1, 0.15) is 45.3 Å². The van der Waals surface area contributed by atoms with E-state index in [9.17, 15) is 18.0 Å². The first kappa shape index (κ1) is 24.3. The number of carbonyl (C=O) groups excluding carboxylic acids is 1. The van der Waals surface area contributed by atoms with Crippen LogP contribution in [0, 0.1) is 0 Å². The molecule has 9 heteroatoms. The summed E-state index contributed by atoms with van der Waals surface area (Å²) in [5, 5.41) is 5.78. The third kappa shape index (κ3) is 6.82. The highest BCUT2D eigenvalue weighted by atomic mass is 32.1. The van der Waals surface area contributed by atoms with Gasteiger partial charge in [0, 0.05) is 10.3 Å². The van der Waals surface area contributed by atoms with E-state index in [1.807, 2.05) is 6.07 Å². The lowest BCUT2D eigenvalue weighted by Gasteiger charge is -2.13. The number of alkyl halides is 3.